The van der Waals surface area contributed by atoms with Gasteiger partial charge in [-0.25, -0.2) is 9.97 Å². The number of nitrogens with two attached hydrogens (primary N) is 1. The number of methoxy groups -OCH3 is 1. The molecule has 2 aromatic heterocycles. The average molecular weight is 549 g/mol. The summed E-state index contributed by atoms with van der Waals surface area (Å²) in [7, 11) is 1.62. The van der Waals surface area contributed by atoms with Crippen LogP contribution < -0.4 is 11.1 Å². The normalized spacial score (nSPS) is 16.9. The third kappa shape index (κ3) is 4.49. The molecule has 0 unspecified atom stereocenters. The number of amides is 1. The van der Waals surface area contributed by atoms with Crippen LogP contribution in [0.4, 0.5) is 11.6 Å². The number of benzene rings is 2. The maximum Gasteiger partial charge on any atom is 0.309 e. The van der Waals surface area contributed by atoms with Gasteiger partial charge in [0.25, 0.3) is 0 Å². The van der Waals surface area contributed by atoms with E-state index in [4.69, 9.17) is 27.2 Å². The molecular weight excluding hydrogens is 520 g/mol. The SMILES string of the molecule is COCCn1nc(-c2nc(N)c3c(n2)NC(=O)[C@]3(C)c2cccc(CC(C)(C)C(=O)O)c2)c2ccc(Cl)cc21. The number of fused-ring (bicyclic) bond motifs is 2. The summed E-state index contributed by atoms with van der Waals surface area (Å²) in [6.45, 7) is 6.06. The molecule has 2 aromatic carbocycles. The molecule has 4 N–H and O–H groups in total. The Kier molecular flexibility index (Phi) is 6.56. The van der Waals surface area contributed by atoms with Crippen LogP contribution >= 0.6 is 11.6 Å². The van der Waals surface area contributed by atoms with Crippen molar-refractivity contribution in [1.29, 1.82) is 0 Å². The van der Waals surface area contributed by atoms with Crippen molar-refractivity contribution in [3.05, 3.63) is 64.2 Å². The number of carbonyl (C=O) groups excluding carboxylic acids is 1. The predicted molar refractivity (Wildman–Crippen MR) is 149 cm³/mol. The molecule has 39 heavy (non-hydrogen) atoms. The van der Waals surface area contributed by atoms with Crippen LogP contribution in [0.15, 0.2) is 42.5 Å². The molecule has 0 bridgehead atoms. The number of halogens is 1. The number of rotatable bonds is 8. The van der Waals surface area contributed by atoms with E-state index < -0.39 is 16.8 Å². The molecule has 0 aliphatic carbocycles. The van der Waals surface area contributed by atoms with E-state index in [0.717, 1.165) is 16.5 Å². The molecule has 1 aliphatic heterocycles. The molecule has 1 atom stereocenters. The van der Waals surface area contributed by atoms with Crippen molar-refractivity contribution in [2.24, 2.45) is 5.41 Å². The van der Waals surface area contributed by atoms with Crippen molar-refractivity contribution in [2.75, 3.05) is 24.8 Å². The third-order valence-electron chi connectivity index (χ3n) is 7.29. The van der Waals surface area contributed by atoms with E-state index in [2.05, 4.69) is 15.3 Å². The Balaban J connectivity index is 1.59. The maximum atomic E-state index is 13.5. The molecule has 1 aliphatic rings. The van der Waals surface area contributed by atoms with E-state index >= 15 is 0 Å². The van der Waals surface area contributed by atoms with Crippen LogP contribution in [-0.4, -0.2) is 50.4 Å². The predicted octanol–water partition coefficient (Wildman–Crippen LogP) is 4.29. The number of nitrogens with one attached hydrogen (secondary N) is 1. The first kappa shape index (κ1) is 26.6. The Bertz CT molecular complexity index is 1630. The minimum Gasteiger partial charge on any atom is -0.481 e. The lowest BCUT2D eigenvalue weighted by Crippen LogP contribution is -2.33. The summed E-state index contributed by atoms with van der Waals surface area (Å²) in [5, 5.41) is 18.5. The zero-order chi connectivity index (χ0) is 28.1. The van der Waals surface area contributed by atoms with Gasteiger partial charge in [0.1, 0.15) is 22.7 Å². The van der Waals surface area contributed by atoms with E-state index in [-0.39, 0.29) is 17.5 Å². The number of aromatic nitrogens is 4. The number of carboxylic acid groups (broad SMARTS) is 1. The molecule has 5 rings (SSSR count). The van der Waals surface area contributed by atoms with E-state index in [1.54, 1.807) is 38.6 Å². The van der Waals surface area contributed by atoms with Gasteiger partial charge < -0.3 is 20.9 Å². The molecule has 3 heterocycles. The summed E-state index contributed by atoms with van der Waals surface area (Å²) in [5.74, 6) is -0.452. The third-order valence-corrected chi connectivity index (χ3v) is 7.52. The van der Waals surface area contributed by atoms with Crippen LogP contribution in [0.1, 0.15) is 37.5 Å². The molecule has 11 heteroatoms. The number of aliphatic carboxylic acids is 1. The van der Waals surface area contributed by atoms with Crippen LogP contribution in [0.3, 0.4) is 0 Å². The largest absolute Gasteiger partial charge is 0.481 e. The Morgan fingerprint density at radius 3 is 2.72 bits per heavy atom. The van der Waals surface area contributed by atoms with Crippen molar-refractivity contribution in [3.63, 3.8) is 0 Å². The summed E-state index contributed by atoms with van der Waals surface area (Å²) < 4.78 is 7.00. The molecule has 10 nitrogen and oxygen atoms in total. The van der Waals surface area contributed by atoms with Crippen molar-refractivity contribution >= 4 is 46.0 Å². The van der Waals surface area contributed by atoms with Gasteiger partial charge >= 0.3 is 5.97 Å². The van der Waals surface area contributed by atoms with E-state index in [0.29, 0.717) is 47.2 Å². The van der Waals surface area contributed by atoms with Crippen molar-refractivity contribution in [1.82, 2.24) is 19.7 Å². The monoisotopic (exact) mass is 548 g/mol. The standard InChI is InChI=1S/C28H29ClN6O4/c1-27(2,26(37)38)14-15-6-5-7-16(12-15)28(3)20-22(30)31-24(32-23(20)33-25(28)36)21-18-9-8-17(29)13-19(18)35(34-21)10-11-39-4/h5-9,12-13H,10-11,14H2,1-4H3,(H,37,38)(H3,30,31,32,33,36)/t28-/m1/s1. The van der Waals surface area contributed by atoms with Crippen molar-refractivity contribution in [3.8, 4) is 11.5 Å². The van der Waals surface area contributed by atoms with E-state index in [1.807, 2.05) is 36.4 Å². The molecule has 0 saturated heterocycles. The maximum absolute atomic E-state index is 13.5. The highest BCUT2D eigenvalue weighted by molar-refractivity contribution is 6.31. The second-order valence-electron chi connectivity index (χ2n) is 10.5. The summed E-state index contributed by atoms with van der Waals surface area (Å²) in [4.78, 5) is 34.4. The zero-order valence-corrected chi connectivity index (χ0v) is 22.8. The van der Waals surface area contributed by atoms with Crippen molar-refractivity contribution < 1.29 is 19.4 Å². The van der Waals surface area contributed by atoms with Gasteiger partial charge in [-0.1, -0.05) is 35.9 Å². The van der Waals surface area contributed by atoms with Gasteiger partial charge in [-0.05, 0) is 56.5 Å². The molecule has 1 amide bonds. The van der Waals surface area contributed by atoms with E-state index in [9.17, 15) is 14.7 Å². The van der Waals surface area contributed by atoms with E-state index in [1.165, 1.54) is 0 Å². The van der Waals surface area contributed by atoms with Gasteiger partial charge in [0, 0.05) is 17.5 Å². The number of carboxylic acids is 1. The van der Waals surface area contributed by atoms with Gasteiger partial charge in [-0.2, -0.15) is 5.10 Å². The second kappa shape index (κ2) is 9.62. The molecule has 202 valence electrons. The second-order valence-corrected chi connectivity index (χ2v) is 11.0. The number of anilines is 2. The Hall–Kier alpha value is -4.02. The fraction of sp³-hybridized carbons (Fsp3) is 0.321. The van der Waals surface area contributed by atoms with Crippen LogP contribution in [-0.2, 0) is 32.7 Å². The Morgan fingerprint density at radius 2 is 2.00 bits per heavy atom. The van der Waals surface area contributed by atoms with Crippen LogP contribution in [0.25, 0.3) is 22.4 Å². The molecule has 0 radical (unpaired) electrons. The van der Waals surface area contributed by atoms with Gasteiger partial charge in [0.05, 0.1) is 29.6 Å². The molecule has 0 spiro atoms. The fourth-order valence-corrected chi connectivity index (χ4v) is 5.19. The van der Waals surface area contributed by atoms with Crippen LogP contribution in [0.2, 0.25) is 5.02 Å². The summed E-state index contributed by atoms with van der Waals surface area (Å²) in [6, 6.07) is 12.8. The lowest BCUT2D eigenvalue weighted by atomic mass is 9.76. The van der Waals surface area contributed by atoms with Gasteiger partial charge in [-0.3, -0.25) is 14.3 Å². The highest BCUT2D eigenvalue weighted by atomic mass is 35.5. The summed E-state index contributed by atoms with van der Waals surface area (Å²) >= 11 is 6.25. The number of ether oxygens (including phenoxy) is 1. The molecule has 0 saturated carbocycles. The first-order valence-corrected chi connectivity index (χ1v) is 12.8. The quantitative estimate of drug-likeness (QED) is 0.296. The topological polar surface area (TPSA) is 145 Å². The van der Waals surface area contributed by atoms with Gasteiger partial charge in [-0.15, -0.1) is 0 Å². The highest BCUT2D eigenvalue weighted by Gasteiger charge is 2.48. The smallest absolute Gasteiger partial charge is 0.309 e. The fourth-order valence-electron chi connectivity index (χ4n) is 5.03. The Labute approximate surface area is 230 Å². The lowest BCUT2D eigenvalue weighted by molar-refractivity contribution is -0.146. The minimum absolute atomic E-state index is 0.153. The average Bonchev–Trinajstić information content (AvgIpc) is 3.37. The minimum atomic E-state index is -1.17. The molecular formula is C28H29ClN6O4. The first-order valence-electron chi connectivity index (χ1n) is 12.4. The number of nitrogen functional groups attached to an aromatic ring is 1. The van der Waals surface area contributed by atoms with Crippen LogP contribution in [0, 0.1) is 5.41 Å². The number of nitrogens with zero attached hydrogens (tertiary/aromatic N) is 4. The molecule has 4 aromatic rings. The number of hydrogen-bond acceptors (Lipinski definition) is 7. The Morgan fingerprint density at radius 1 is 1.23 bits per heavy atom. The number of carbonyl (C=O) groups is 2. The number of hydrogen-bond donors (Lipinski definition) is 3. The van der Waals surface area contributed by atoms with Crippen LogP contribution in [0.5, 0.6) is 0 Å². The van der Waals surface area contributed by atoms with Gasteiger partial charge in [0.15, 0.2) is 5.82 Å². The highest BCUT2D eigenvalue weighted by Crippen LogP contribution is 2.45. The lowest BCUT2D eigenvalue weighted by Gasteiger charge is -2.25. The van der Waals surface area contributed by atoms with Gasteiger partial charge in [0.2, 0.25) is 5.91 Å². The van der Waals surface area contributed by atoms with Crippen molar-refractivity contribution in [2.45, 2.75) is 39.2 Å². The summed E-state index contributed by atoms with van der Waals surface area (Å²) in [6.07, 6.45) is 0.300. The summed E-state index contributed by atoms with van der Waals surface area (Å²) in [5.41, 5.74) is 7.63. The zero-order valence-electron chi connectivity index (χ0n) is 22.1. The molecule has 0 fully saturated rings. The first-order chi connectivity index (χ1) is 18.5.